The van der Waals surface area contributed by atoms with Crippen LogP contribution in [0.15, 0.2) is 59.0 Å². The molecule has 7 heteroatoms. The van der Waals surface area contributed by atoms with Gasteiger partial charge in [-0.1, -0.05) is 72.1 Å². The van der Waals surface area contributed by atoms with Crippen molar-refractivity contribution in [3.63, 3.8) is 0 Å². The Morgan fingerprint density at radius 1 is 1.12 bits per heavy atom. The number of ether oxygens (including phenoxy) is 1. The maximum atomic E-state index is 13.4. The monoisotopic (exact) mass is 572 g/mol. The first-order chi connectivity index (χ1) is 19.6. The lowest BCUT2D eigenvalue weighted by Gasteiger charge is -2.19. The van der Waals surface area contributed by atoms with Crippen LogP contribution in [0.3, 0.4) is 0 Å². The number of benzene rings is 1. The normalized spacial score (nSPS) is 14.4. The van der Waals surface area contributed by atoms with Gasteiger partial charge in [-0.3, -0.25) is 4.79 Å². The van der Waals surface area contributed by atoms with E-state index >= 15 is 0 Å². The number of allylic oxidation sites excluding steroid dienone is 2. The highest BCUT2D eigenvalue weighted by atomic mass is 32.1. The number of carbonyl (C=O) groups excluding carboxylic acids is 1. The van der Waals surface area contributed by atoms with Crippen molar-refractivity contribution in [2.75, 3.05) is 0 Å². The van der Waals surface area contributed by atoms with E-state index in [2.05, 4.69) is 58.1 Å². The van der Waals surface area contributed by atoms with Crippen molar-refractivity contribution in [2.24, 2.45) is 5.92 Å². The molecule has 1 aromatic carbocycles. The molecule has 0 bridgehead atoms. The number of pyridine rings is 1. The first-order valence-electron chi connectivity index (χ1n) is 14.3. The van der Waals surface area contributed by atoms with Crippen LogP contribution in [-0.2, 0) is 16.6 Å². The van der Waals surface area contributed by atoms with Gasteiger partial charge in [-0.05, 0) is 87.7 Å². The number of carboxylic acids is 1. The number of amides is 1. The minimum absolute atomic E-state index is 0.0627. The fourth-order valence-corrected chi connectivity index (χ4v) is 5.72. The Kier molecular flexibility index (Phi) is 9.81. The second kappa shape index (κ2) is 13.3. The van der Waals surface area contributed by atoms with Gasteiger partial charge in [-0.2, -0.15) is 11.3 Å². The summed E-state index contributed by atoms with van der Waals surface area (Å²) in [4.78, 5) is 30.2. The van der Waals surface area contributed by atoms with Crippen molar-refractivity contribution < 1.29 is 19.4 Å². The highest BCUT2D eigenvalue weighted by Crippen LogP contribution is 2.25. The Balaban J connectivity index is 1.70. The van der Waals surface area contributed by atoms with E-state index in [0.29, 0.717) is 17.9 Å². The quantitative estimate of drug-likeness (QED) is 0.282. The standard InChI is InChI=1S/C34H40N2O4S/c1-6-9-22(7-2)18-29-28-20-27(40-26-14-12-25(13-15-26)34(3,4)5)11-8-10-23(28)19-30(35-29)32(37)36-31(33(38)39)24-16-17-41-21-24/h10-17,19-22,31H,6-9,18H2,1-5H3,(H,36,37)(H,38,39). The molecule has 0 saturated heterocycles. The van der Waals surface area contributed by atoms with E-state index in [1.54, 1.807) is 22.9 Å². The molecule has 2 N–H and O–H groups in total. The van der Waals surface area contributed by atoms with E-state index in [4.69, 9.17) is 9.72 Å². The van der Waals surface area contributed by atoms with Crippen LogP contribution in [0.1, 0.15) is 93.7 Å². The molecule has 2 heterocycles. The third-order valence-electron chi connectivity index (χ3n) is 7.46. The maximum Gasteiger partial charge on any atom is 0.330 e. The number of carboxylic acid groups (broad SMARTS) is 1. The van der Waals surface area contributed by atoms with Gasteiger partial charge >= 0.3 is 5.97 Å². The lowest BCUT2D eigenvalue weighted by Crippen LogP contribution is -2.38. The van der Waals surface area contributed by atoms with Gasteiger partial charge in [0.1, 0.15) is 17.2 Å². The van der Waals surface area contributed by atoms with Gasteiger partial charge in [0.05, 0.1) is 0 Å². The topological polar surface area (TPSA) is 88.5 Å². The van der Waals surface area contributed by atoms with Gasteiger partial charge in [0.2, 0.25) is 0 Å². The van der Waals surface area contributed by atoms with Gasteiger partial charge < -0.3 is 15.2 Å². The zero-order chi connectivity index (χ0) is 29.6. The van der Waals surface area contributed by atoms with Crippen molar-refractivity contribution in [2.45, 2.75) is 78.2 Å². The number of nitrogens with one attached hydrogen (secondary N) is 1. The molecule has 2 unspecified atom stereocenters. The van der Waals surface area contributed by atoms with Gasteiger partial charge in [0, 0.05) is 10.9 Å². The molecule has 1 aliphatic rings. The Morgan fingerprint density at radius 3 is 2.49 bits per heavy atom. The summed E-state index contributed by atoms with van der Waals surface area (Å²) < 4.78 is 6.31. The number of thiophene rings is 1. The molecule has 0 spiro atoms. The van der Waals surface area contributed by atoms with E-state index < -0.39 is 17.9 Å². The highest BCUT2D eigenvalue weighted by Gasteiger charge is 2.24. The van der Waals surface area contributed by atoms with Crippen LogP contribution in [-0.4, -0.2) is 22.0 Å². The van der Waals surface area contributed by atoms with Crippen molar-refractivity contribution >= 4 is 35.4 Å². The number of hydrogen-bond donors (Lipinski definition) is 2. The Bertz CT molecular complexity index is 1520. The van der Waals surface area contributed by atoms with Crippen LogP contribution in [0.5, 0.6) is 5.75 Å². The Labute approximate surface area is 246 Å². The highest BCUT2D eigenvalue weighted by molar-refractivity contribution is 7.08. The van der Waals surface area contributed by atoms with Crippen LogP contribution in [0.4, 0.5) is 0 Å². The molecule has 6 nitrogen and oxygen atoms in total. The van der Waals surface area contributed by atoms with Crippen molar-refractivity contribution in [3.05, 3.63) is 91.9 Å². The number of aliphatic carboxylic acids is 1. The molecular formula is C34H40N2O4S. The molecule has 216 valence electrons. The fourth-order valence-electron chi connectivity index (χ4n) is 5.03. The zero-order valence-corrected chi connectivity index (χ0v) is 25.4. The van der Waals surface area contributed by atoms with Crippen molar-refractivity contribution in [1.82, 2.24) is 10.3 Å². The molecule has 41 heavy (non-hydrogen) atoms. The van der Waals surface area contributed by atoms with Gasteiger partial charge in [0.25, 0.3) is 5.91 Å². The van der Waals surface area contributed by atoms with Gasteiger partial charge in [0.15, 0.2) is 6.04 Å². The van der Waals surface area contributed by atoms with E-state index in [0.717, 1.165) is 53.3 Å². The summed E-state index contributed by atoms with van der Waals surface area (Å²) in [6, 6.07) is 10.5. The summed E-state index contributed by atoms with van der Waals surface area (Å²) >= 11 is 1.39. The molecule has 2 atom stereocenters. The van der Waals surface area contributed by atoms with Gasteiger partial charge in [-0.25, -0.2) is 9.78 Å². The zero-order valence-electron chi connectivity index (χ0n) is 24.6. The number of rotatable bonds is 11. The molecule has 1 amide bonds. The number of fused-ring (bicyclic) bond motifs is 1. The number of nitrogens with zero attached hydrogens (tertiary/aromatic N) is 1. The summed E-state index contributed by atoms with van der Waals surface area (Å²) in [5.74, 6) is 0.303. The second-order valence-corrected chi connectivity index (χ2v) is 12.4. The van der Waals surface area contributed by atoms with Crippen LogP contribution >= 0.6 is 11.3 Å². The van der Waals surface area contributed by atoms with E-state index in [1.165, 1.54) is 16.9 Å². The van der Waals surface area contributed by atoms with Gasteiger partial charge in [-0.15, -0.1) is 0 Å². The second-order valence-electron chi connectivity index (χ2n) is 11.6. The summed E-state index contributed by atoms with van der Waals surface area (Å²) in [5, 5.41) is 17.8. The molecule has 2 aromatic heterocycles. The van der Waals surface area contributed by atoms with Crippen molar-refractivity contribution in [3.8, 4) is 5.75 Å². The van der Waals surface area contributed by atoms with E-state index in [1.807, 2.05) is 24.3 Å². The minimum atomic E-state index is -1.14. The third-order valence-corrected chi connectivity index (χ3v) is 8.16. The van der Waals surface area contributed by atoms with Crippen LogP contribution in [0.25, 0.3) is 12.2 Å². The average molecular weight is 573 g/mol. The number of hydrogen-bond acceptors (Lipinski definition) is 5. The maximum absolute atomic E-state index is 13.4. The summed E-state index contributed by atoms with van der Waals surface area (Å²) in [6.07, 6.45) is 10.6. The lowest BCUT2D eigenvalue weighted by molar-refractivity contribution is -0.139. The molecular weight excluding hydrogens is 532 g/mol. The first kappa shape index (κ1) is 30.3. The Morgan fingerprint density at radius 2 is 1.88 bits per heavy atom. The summed E-state index contributed by atoms with van der Waals surface area (Å²) in [7, 11) is 0. The van der Waals surface area contributed by atoms with Crippen LogP contribution in [0, 0.1) is 5.92 Å². The predicted molar refractivity (Wildman–Crippen MR) is 165 cm³/mol. The number of carbonyl (C=O) groups is 2. The Hall–Kier alpha value is -3.71. The van der Waals surface area contributed by atoms with Crippen LogP contribution < -0.4 is 20.5 Å². The smallest absolute Gasteiger partial charge is 0.330 e. The molecule has 4 rings (SSSR count). The lowest BCUT2D eigenvalue weighted by atomic mass is 9.87. The fraction of sp³-hybridized carbons (Fsp3) is 0.382. The predicted octanol–water partition coefficient (Wildman–Crippen LogP) is 6.29. The molecule has 3 aromatic rings. The molecule has 0 saturated carbocycles. The SMILES string of the molecule is CCCC(CC)Cc1nc(C(=O)NC(C(=O)O)c2ccsc2)cc2c1=CC(Oc1ccc(C(C)(C)C)cc1)=CCC=2. The summed E-state index contributed by atoms with van der Waals surface area (Å²) in [6.45, 7) is 10.9. The first-order valence-corrected chi connectivity index (χ1v) is 15.3. The molecule has 0 fully saturated rings. The molecule has 0 aliphatic heterocycles. The number of aromatic nitrogens is 1. The molecule has 1 aliphatic carbocycles. The van der Waals surface area contributed by atoms with E-state index in [9.17, 15) is 14.7 Å². The van der Waals surface area contributed by atoms with Crippen LogP contribution in [0.2, 0.25) is 0 Å². The summed E-state index contributed by atoms with van der Waals surface area (Å²) in [5.41, 5.74) is 2.89. The largest absolute Gasteiger partial charge is 0.479 e. The van der Waals surface area contributed by atoms with E-state index in [-0.39, 0.29) is 11.1 Å². The van der Waals surface area contributed by atoms with Crippen molar-refractivity contribution in [1.29, 1.82) is 0 Å². The molecule has 0 radical (unpaired) electrons. The third kappa shape index (κ3) is 7.73. The minimum Gasteiger partial charge on any atom is -0.479 e. The average Bonchev–Trinajstić information content (AvgIpc) is 3.38.